The van der Waals surface area contributed by atoms with Gasteiger partial charge in [0.1, 0.15) is 5.75 Å². The number of aryl methyl sites for hydroxylation is 1. The smallest absolute Gasteiger partial charge is 0.405 e. The number of aromatic nitrogens is 4. The molecule has 0 N–H and O–H groups in total. The fraction of sp³-hybridized carbons (Fsp3) is 0.250. The van der Waals surface area contributed by atoms with Gasteiger partial charge in [0.15, 0.2) is 11.5 Å². The zero-order valence-electron chi connectivity index (χ0n) is 18.4. The fourth-order valence-corrected chi connectivity index (χ4v) is 4.23. The Balaban J connectivity index is 1.53. The normalized spacial score (nSPS) is 13.7. The summed E-state index contributed by atoms with van der Waals surface area (Å²) in [4.78, 5) is 23.2. The lowest BCUT2D eigenvalue weighted by Crippen LogP contribution is -2.33. The molecule has 10 heteroatoms. The summed E-state index contributed by atoms with van der Waals surface area (Å²) < 4.78 is 44.2. The van der Waals surface area contributed by atoms with Crippen molar-refractivity contribution in [1.82, 2.24) is 19.6 Å². The van der Waals surface area contributed by atoms with Crippen molar-refractivity contribution in [2.75, 3.05) is 11.4 Å². The first-order valence-corrected chi connectivity index (χ1v) is 10.6. The summed E-state index contributed by atoms with van der Waals surface area (Å²) in [6.45, 7) is 4.93. The molecule has 7 nitrogen and oxygen atoms in total. The molecule has 1 aromatic carbocycles. The van der Waals surface area contributed by atoms with Crippen LogP contribution in [0.15, 0.2) is 53.6 Å². The average Bonchev–Trinajstić information content (AvgIpc) is 2.80. The molecule has 1 aliphatic heterocycles. The van der Waals surface area contributed by atoms with E-state index in [1.807, 2.05) is 24.8 Å². The third-order valence-electron chi connectivity index (χ3n) is 6.01. The van der Waals surface area contributed by atoms with Crippen molar-refractivity contribution >= 4 is 11.5 Å². The summed E-state index contributed by atoms with van der Waals surface area (Å²) >= 11 is 0. The van der Waals surface area contributed by atoms with E-state index >= 15 is 0 Å². The highest BCUT2D eigenvalue weighted by Gasteiger charge is 2.32. The van der Waals surface area contributed by atoms with Gasteiger partial charge in [-0.3, -0.25) is 9.78 Å². The average molecular weight is 467 g/mol. The van der Waals surface area contributed by atoms with E-state index < -0.39 is 6.36 Å². The molecule has 0 spiro atoms. The van der Waals surface area contributed by atoms with Crippen molar-refractivity contribution < 1.29 is 17.9 Å². The lowest BCUT2D eigenvalue weighted by atomic mass is 9.99. The van der Waals surface area contributed by atoms with Crippen LogP contribution in [0.5, 0.6) is 5.75 Å². The molecule has 0 unspecified atom stereocenters. The van der Waals surface area contributed by atoms with Gasteiger partial charge in [0.05, 0.1) is 0 Å². The first kappa shape index (κ1) is 21.9. The third-order valence-corrected chi connectivity index (χ3v) is 6.01. The van der Waals surface area contributed by atoms with E-state index in [2.05, 4.69) is 19.8 Å². The predicted molar refractivity (Wildman–Crippen MR) is 120 cm³/mol. The Hall–Kier alpha value is -3.95. The molecule has 5 rings (SSSR count). The number of alkyl halides is 3. The number of benzene rings is 1. The molecular formula is C24H20F3N5O2. The van der Waals surface area contributed by atoms with E-state index in [1.165, 1.54) is 28.9 Å². The molecular weight excluding hydrogens is 447 g/mol. The zero-order chi connectivity index (χ0) is 24.0. The lowest BCUT2D eigenvalue weighted by Gasteiger charge is -2.31. The van der Waals surface area contributed by atoms with Crippen LogP contribution >= 0.6 is 0 Å². The molecule has 1 aliphatic rings. The summed E-state index contributed by atoms with van der Waals surface area (Å²) in [6, 6.07) is 9.20. The van der Waals surface area contributed by atoms with E-state index in [4.69, 9.17) is 0 Å². The lowest BCUT2D eigenvalue weighted by molar-refractivity contribution is -0.274. The van der Waals surface area contributed by atoms with Gasteiger partial charge >= 0.3 is 6.36 Å². The topological polar surface area (TPSA) is 72.6 Å². The minimum atomic E-state index is -4.79. The fourth-order valence-electron chi connectivity index (χ4n) is 4.23. The van der Waals surface area contributed by atoms with Crippen LogP contribution in [0.1, 0.15) is 22.4 Å². The Morgan fingerprint density at radius 1 is 1.06 bits per heavy atom. The largest absolute Gasteiger partial charge is 0.573 e. The molecule has 4 aromatic rings. The van der Waals surface area contributed by atoms with Gasteiger partial charge in [-0.1, -0.05) is 18.2 Å². The van der Waals surface area contributed by atoms with Crippen molar-refractivity contribution in [2.45, 2.75) is 33.2 Å². The van der Waals surface area contributed by atoms with Crippen molar-refractivity contribution in [1.29, 1.82) is 0 Å². The Morgan fingerprint density at radius 3 is 2.65 bits per heavy atom. The summed E-state index contributed by atoms with van der Waals surface area (Å²) in [7, 11) is 0. The first-order chi connectivity index (χ1) is 16.2. The number of hydrogen-bond acceptors (Lipinski definition) is 6. The van der Waals surface area contributed by atoms with Gasteiger partial charge in [-0.2, -0.15) is 4.52 Å². The van der Waals surface area contributed by atoms with E-state index in [0.717, 1.165) is 22.4 Å². The Kier molecular flexibility index (Phi) is 5.22. The van der Waals surface area contributed by atoms with Crippen LogP contribution in [0, 0.1) is 13.8 Å². The quantitative estimate of drug-likeness (QED) is 0.449. The van der Waals surface area contributed by atoms with E-state index in [-0.39, 0.29) is 11.3 Å². The number of hydrogen-bond donors (Lipinski definition) is 0. The predicted octanol–water partition coefficient (Wildman–Crippen LogP) is 4.23. The van der Waals surface area contributed by atoms with Crippen molar-refractivity contribution in [3.8, 4) is 16.9 Å². The molecule has 0 aliphatic carbocycles. The van der Waals surface area contributed by atoms with Gasteiger partial charge in [-0.15, -0.1) is 18.3 Å². The number of anilines is 1. The maximum Gasteiger partial charge on any atom is 0.573 e. The molecule has 0 radical (unpaired) electrons. The third kappa shape index (κ3) is 3.95. The molecule has 0 amide bonds. The van der Waals surface area contributed by atoms with Gasteiger partial charge in [0.25, 0.3) is 5.56 Å². The minimum Gasteiger partial charge on any atom is -0.405 e. The van der Waals surface area contributed by atoms with E-state index in [9.17, 15) is 18.0 Å². The van der Waals surface area contributed by atoms with Crippen LogP contribution in [0.25, 0.3) is 16.8 Å². The van der Waals surface area contributed by atoms with Crippen molar-refractivity contribution in [3.05, 3.63) is 81.5 Å². The molecule has 34 heavy (non-hydrogen) atoms. The highest BCUT2D eigenvalue weighted by atomic mass is 19.4. The number of halogens is 3. The number of rotatable bonds is 3. The maximum absolute atomic E-state index is 12.9. The first-order valence-electron chi connectivity index (χ1n) is 10.6. The second-order valence-electron chi connectivity index (χ2n) is 8.14. The molecule has 0 atom stereocenters. The Labute approximate surface area is 192 Å². The van der Waals surface area contributed by atoms with Gasteiger partial charge < -0.3 is 9.64 Å². The summed E-state index contributed by atoms with van der Waals surface area (Å²) in [5.41, 5.74) is 4.61. The Morgan fingerprint density at radius 2 is 1.85 bits per heavy atom. The second-order valence-corrected chi connectivity index (χ2v) is 8.14. The molecule has 174 valence electrons. The van der Waals surface area contributed by atoms with E-state index in [0.29, 0.717) is 42.1 Å². The highest BCUT2D eigenvalue weighted by Crippen LogP contribution is 2.35. The highest BCUT2D eigenvalue weighted by molar-refractivity contribution is 5.71. The van der Waals surface area contributed by atoms with Gasteiger partial charge in [0, 0.05) is 65.9 Å². The molecule has 0 bridgehead atoms. The Bertz CT molecular complexity index is 1470. The van der Waals surface area contributed by atoms with Crippen molar-refractivity contribution in [2.24, 2.45) is 0 Å². The maximum atomic E-state index is 12.9. The zero-order valence-corrected chi connectivity index (χ0v) is 18.4. The SMILES string of the molecule is Cc1c(N2CCc3ncc(-c4ccccc4OC(F)(F)F)cc3C2)nn2c(=O)ccnc2c1C. The summed E-state index contributed by atoms with van der Waals surface area (Å²) in [6.07, 6.45) is -1.12. The second kappa shape index (κ2) is 8.12. The van der Waals surface area contributed by atoms with Gasteiger partial charge in [0.2, 0.25) is 0 Å². The van der Waals surface area contributed by atoms with Gasteiger partial charge in [-0.25, -0.2) is 4.98 Å². The summed E-state index contributed by atoms with van der Waals surface area (Å²) in [5.74, 6) is 0.385. The monoisotopic (exact) mass is 467 g/mol. The number of nitrogens with zero attached hydrogens (tertiary/aromatic N) is 5. The molecule has 3 aromatic heterocycles. The number of para-hydroxylation sites is 1. The van der Waals surface area contributed by atoms with Crippen molar-refractivity contribution in [3.63, 3.8) is 0 Å². The van der Waals surface area contributed by atoms with E-state index in [1.54, 1.807) is 18.3 Å². The molecule has 0 saturated carbocycles. The standard InChI is InChI=1S/C24H20F3N5O2/c1-14-15(2)23(30-32-21(33)7-9-28-22(14)32)31-10-8-19-17(13-31)11-16(12-29-19)18-5-3-4-6-20(18)34-24(25,26)27/h3-7,9,11-12H,8,10,13H2,1-2H3. The van der Waals surface area contributed by atoms with Crippen LogP contribution in [0.3, 0.4) is 0 Å². The van der Waals surface area contributed by atoms with Crippen LogP contribution < -0.4 is 15.2 Å². The molecule has 4 heterocycles. The minimum absolute atomic E-state index is 0.267. The molecule has 0 fully saturated rings. The molecule has 0 saturated heterocycles. The van der Waals surface area contributed by atoms with Crippen LogP contribution in [-0.4, -0.2) is 32.5 Å². The van der Waals surface area contributed by atoms with Gasteiger partial charge in [-0.05, 0) is 31.5 Å². The number of pyridine rings is 1. The van der Waals surface area contributed by atoms with Crippen LogP contribution in [0.4, 0.5) is 19.0 Å². The number of fused-ring (bicyclic) bond motifs is 2. The van der Waals surface area contributed by atoms with Crippen LogP contribution in [-0.2, 0) is 13.0 Å². The van der Waals surface area contributed by atoms with Crippen LogP contribution in [0.2, 0.25) is 0 Å². The number of ether oxygens (including phenoxy) is 1. The summed E-state index contributed by atoms with van der Waals surface area (Å²) in [5, 5.41) is 4.57.